The highest BCUT2D eigenvalue weighted by atomic mass is 79.9. The van der Waals surface area contributed by atoms with Gasteiger partial charge in [0.15, 0.2) is 11.5 Å². The van der Waals surface area contributed by atoms with Gasteiger partial charge in [-0.1, -0.05) is 22.0 Å². The minimum atomic E-state index is 0.651. The fourth-order valence-electron chi connectivity index (χ4n) is 2.99. The van der Waals surface area contributed by atoms with Gasteiger partial charge in [-0.25, -0.2) is 9.97 Å². The zero-order chi connectivity index (χ0) is 20.3. The van der Waals surface area contributed by atoms with E-state index in [1.807, 2.05) is 12.1 Å². The first-order chi connectivity index (χ1) is 13.4. The largest absolute Gasteiger partial charge is 0.493 e. The van der Waals surface area contributed by atoms with Crippen LogP contribution in [0, 0.1) is 6.92 Å². The van der Waals surface area contributed by atoms with Crippen molar-refractivity contribution < 1.29 is 9.47 Å². The number of rotatable bonds is 7. The number of aryl methyl sites for hydroxylation is 1. The lowest BCUT2D eigenvalue weighted by Gasteiger charge is -2.27. The van der Waals surface area contributed by atoms with Crippen molar-refractivity contribution in [2.75, 3.05) is 46.3 Å². The predicted octanol–water partition coefficient (Wildman–Crippen LogP) is 4.42. The Balaban J connectivity index is 2.18. The van der Waals surface area contributed by atoms with Crippen LogP contribution in [0.15, 0.2) is 41.1 Å². The second-order valence-corrected chi connectivity index (χ2v) is 7.66. The fourth-order valence-corrected chi connectivity index (χ4v) is 3.36. The third kappa shape index (κ3) is 4.20. The number of anilines is 2. The van der Waals surface area contributed by atoms with E-state index < -0.39 is 0 Å². The van der Waals surface area contributed by atoms with Crippen LogP contribution in [0.3, 0.4) is 0 Å². The van der Waals surface area contributed by atoms with Crippen molar-refractivity contribution in [3.63, 3.8) is 0 Å². The number of halogens is 1. The minimum Gasteiger partial charge on any atom is -0.493 e. The molecule has 0 amide bonds. The molecule has 1 aromatic heterocycles. The van der Waals surface area contributed by atoms with Gasteiger partial charge in [-0.15, -0.1) is 0 Å². The fraction of sp³-hybridized carbons (Fsp3) is 0.333. The Hall–Kier alpha value is -2.38. The van der Waals surface area contributed by atoms with Gasteiger partial charge in [-0.05, 0) is 44.8 Å². The zero-order valence-electron chi connectivity index (χ0n) is 16.9. The van der Waals surface area contributed by atoms with Crippen LogP contribution in [-0.2, 0) is 0 Å². The molecule has 6 nitrogen and oxygen atoms in total. The molecule has 7 heteroatoms. The highest BCUT2D eigenvalue weighted by Gasteiger charge is 2.18. The first kappa shape index (κ1) is 20.4. The summed E-state index contributed by atoms with van der Waals surface area (Å²) in [7, 11) is 7.39. The second kappa shape index (κ2) is 8.75. The molecule has 0 unspecified atom stereocenters. The van der Waals surface area contributed by atoms with Crippen molar-refractivity contribution >= 4 is 38.3 Å². The highest BCUT2D eigenvalue weighted by molar-refractivity contribution is 9.10. The molecule has 0 radical (unpaired) electrons. The maximum Gasteiger partial charge on any atom is 0.162 e. The summed E-state index contributed by atoms with van der Waals surface area (Å²) in [6, 6.07) is 10.2. The maximum atomic E-state index is 5.50. The van der Waals surface area contributed by atoms with Crippen molar-refractivity contribution in [3.8, 4) is 11.5 Å². The molecule has 0 atom stereocenters. The average molecular weight is 445 g/mol. The Morgan fingerprint density at radius 3 is 2.32 bits per heavy atom. The quantitative estimate of drug-likeness (QED) is 0.537. The van der Waals surface area contributed by atoms with Crippen LogP contribution in [0.25, 0.3) is 10.9 Å². The van der Waals surface area contributed by atoms with E-state index in [0.717, 1.165) is 40.0 Å². The van der Waals surface area contributed by atoms with Crippen molar-refractivity contribution in [2.45, 2.75) is 6.92 Å². The zero-order valence-corrected chi connectivity index (χ0v) is 18.4. The van der Waals surface area contributed by atoms with E-state index in [-0.39, 0.29) is 0 Å². The van der Waals surface area contributed by atoms with Crippen LogP contribution in [0.2, 0.25) is 0 Å². The molecule has 0 saturated heterocycles. The number of hydrogen-bond acceptors (Lipinski definition) is 6. The van der Waals surface area contributed by atoms with E-state index in [4.69, 9.17) is 9.47 Å². The summed E-state index contributed by atoms with van der Waals surface area (Å²) in [5.41, 5.74) is 3.06. The van der Waals surface area contributed by atoms with Crippen molar-refractivity contribution in [1.29, 1.82) is 0 Å². The molecule has 1 heterocycles. The minimum absolute atomic E-state index is 0.651. The van der Waals surface area contributed by atoms with E-state index in [1.54, 1.807) is 20.5 Å². The van der Waals surface area contributed by atoms with Gasteiger partial charge < -0.3 is 19.3 Å². The Kier molecular flexibility index (Phi) is 6.36. The summed E-state index contributed by atoms with van der Waals surface area (Å²) >= 11 is 3.65. The lowest BCUT2D eigenvalue weighted by Crippen LogP contribution is -2.29. The Bertz CT molecular complexity index is 978. The third-order valence-corrected chi connectivity index (χ3v) is 5.47. The smallest absolute Gasteiger partial charge is 0.162 e. The van der Waals surface area contributed by atoms with Crippen LogP contribution in [-0.4, -0.2) is 56.3 Å². The summed E-state index contributed by atoms with van der Waals surface area (Å²) < 4.78 is 12.0. The van der Waals surface area contributed by atoms with E-state index >= 15 is 0 Å². The molecule has 0 bridgehead atoms. The van der Waals surface area contributed by atoms with Crippen molar-refractivity contribution in [1.82, 2.24) is 14.9 Å². The van der Waals surface area contributed by atoms with E-state index in [9.17, 15) is 0 Å². The van der Waals surface area contributed by atoms with Crippen LogP contribution in [0.4, 0.5) is 11.5 Å². The lowest BCUT2D eigenvalue weighted by molar-refractivity contribution is 0.356. The summed E-state index contributed by atoms with van der Waals surface area (Å²) in [4.78, 5) is 13.4. The van der Waals surface area contributed by atoms with Crippen LogP contribution >= 0.6 is 15.9 Å². The number of likely N-dealkylation sites (N-methyl/N-ethyl adjacent to an activating group) is 1. The predicted molar refractivity (Wildman–Crippen MR) is 117 cm³/mol. The number of aromatic nitrogens is 2. The van der Waals surface area contributed by atoms with Crippen LogP contribution in [0.1, 0.15) is 5.56 Å². The first-order valence-corrected chi connectivity index (χ1v) is 9.79. The number of methoxy groups -OCH3 is 2. The summed E-state index contributed by atoms with van der Waals surface area (Å²) in [5.74, 6) is 2.14. The monoisotopic (exact) mass is 444 g/mol. The van der Waals surface area contributed by atoms with Gasteiger partial charge in [0.2, 0.25) is 0 Å². The highest BCUT2D eigenvalue weighted by Crippen LogP contribution is 2.37. The Labute approximate surface area is 174 Å². The van der Waals surface area contributed by atoms with Gasteiger partial charge in [0.05, 0.1) is 19.7 Å². The topological polar surface area (TPSA) is 50.7 Å². The Morgan fingerprint density at radius 2 is 1.68 bits per heavy atom. The molecule has 0 aliphatic carbocycles. The van der Waals surface area contributed by atoms with Gasteiger partial charge >= 0.3 is 0 Å². The molecule has 3 rings (SSSR count). The summed E-state index contributed by atoms with van der Waals surface area (Å²) in [5, 5.41) is 0.913. The molecule has 0 aliphatic rings. The number of nitrogens with zero attached hydrogens (tertiary/aromatic N) is 4. The SMILES string of the molecule is COc1cc2ncnc(N(CCN(C)C)c3ccc(C)c(Br)c3)c2cc1OC. The molecule has 0 saturated carbocycles. The van der Waals surface area contributed by atoms with Crippen LogP contribution < -0.4 is 14.4 Å². The first-order valence-electron chi connectivity index (χ1n) is 8.99. The molecule has 0 aliphatic heterocycles. The van der Waals surface area contributed by atoms with Gasteiger partial charge in [0, 0.05) is 34.7 Å². The second-order valence-electron chi connectivity index (χ2n) is 6.81. The van der Waals surface area contributed by atoms with E-state index in [0.29, 0.717) is 11.5 Å². The van der Waals surface area contributed by atoms with Crippen LogP contribution in [0.5, 0.6) is 11.5 Å². The summed E-state index contributed by atoms with van der Waals surface area (Å²) in [6.45, 7) is 3.74. The molecule has 2 aromatic carbocycles. The molecular formula is C21H25BrN4O2. The number of fused-ring (bicyclic) bond motifs is 1. The molecule has 148 valence electrons. The molecular weight excluding hydrogens is 420 g/mol. The standard InChI is InChI=1S/C21H25BrN4O2/c1-14-6-7-15(10-17(14)22)26(9-8-25(2)3)21-16-11-19(27-4)20(28-5)12-18(16)23-13-24-21/h6-7,10-13H,8-9H2,1-5H3. The van der Waals surface area contributed by atoms with E-state index in [2.05, 4.69) is 74.9 Å². The Morgan fingerprint density at radius 1 is 0.964 bits per heavy atom. The maximum absolute atomic E-state index is 5.50. The molecule has 0 N–H and O–H groups in total. The van der Waals surface area contributed by atoms with Crippen molar-refractivity contribution in [2.24, 2.45) is 0 Å². The number of benzene rings is 2. The molecule has 28 heavy (non-hydrogen) atoms. The number of ether oxygens (including phenoxy) is 2. The lowest BCUT2D eigenvalue weighted by atomic mass is 10.1. The molecule has 3 aromatic rings. The van der Waals surface area contributed by atoms with Gasteiger partial charge in [-0.2, -0.15) is 0 Å². The molecule has 0 spiro atoms. The normalized spacial score (nSPS) is 11.1. The average Bonchev–Trinajstić information content (AvgIpc) is 2.69. The summed E-state index contributed by atoms with van der Waals surface area (Å²) in [6.07, 6.45) is 1.59. The van der Waals surface area contributed by atoms with Gasteiger partial charge in [0.25, 0.3) is 0 Å². The van der Waals surface area contributed by atoms with Gasteiger partial charge in [-0.3, -0.25) is 0 Å². The third-order valence-electron chi connectivity index (χ3n) is 4.61. The van der Waals surface area contributed by atoms with Crippen molar-refractivity contribution in [3.05, 3.63) is 46.7 Å². The number of hydrogen-bond donors (Lipinski definition) is 0. The van der Waals surface area contributed by atoms with E-state index in [1.165, 1.54) is 5.56 Å². The molecule has 0 fully saturated rings. The van der Waals surface area contributed by atoms with Gasteiger partial charge in [0.1, 0.15) is 12.1 Å².